The number of nitrogens with zero attached hydrogens (tertiary/aromatic N) is 4. The molecule has 0 bridgehead atoms. The lowest BCUT2D eigenvalue weighted by Crippen LogP contribution is -2.41. The Morgan fingerprint density at radius 3 is 2.96 bits per heavy atom. The van der Waals surface area contributed by atoms with Gasteiger partial charge in [0.1, 0.15) is 17.3 Å². The second-order valence-corrected chi connectivity index (χ2v) is 7.32. The number of pyridine rings is 1. The summed E-state index contributed by atoms with van der Waals surface area (Å²) in [5.74, 6) is 2.98. The van der Waals surface area contributed by atoms with Crippen LogP contribution in [0.5, 0.6) is 0 Å². The van der Waals surface area contributed by atoms with E-state index in [1.807, 2.05) is 48.6 Å². The lowest BCUT2D eigenvalue weighted by Gasteiger charge is -2.33. The van der Waals surface area contributed by atoms with E-state index in [4.69, 9.17) is 4.42 Å². The maximum Gasteiger partial charge on any atom is 0.255 e. The molecular weight excluding hydrogens is 354 g/mol. The van der Waals surface area contributed by atoms with Gasteiger partial charge in [-0.2, -0.15) is 0 Å². The van der Waals surface area contributed by atoms with Gasteiger partial charge in [-0.1, -0.05) is 0 Å². The molecule has 4 heterocycles. The van der Waals surface area contributed by atoms with E-state index in [0.29, 0.717) is 18.0 Å². The van der Waals surface area contributed by atoms with E-state index < -0.39 is 0 Å². The van der Waals surface area contributed by atoms with Crippen molar-refractivity contribution in [2.75, 3.05) is 18.4 Å². The minimum Gasteiger partial charge on any atom is -0.465 e. The molecule has 7 heteroatoms. The summed E-state index contributed by atoms with van der Waals surface area (Å²) in [6, 6.07) is 7.56. The molecule has 3 aromatic rings. The first-order valence-electron chi connectivity index (χ1n) is 9.67. The predicted molar refractivity (Wildman–Crippen MR) is 106 cm³/mol. The van der Waals surface area contributed by atoms with Gasteiger partial charge in [-0.15, -0.1) is 0 Å². The van der Waals surface area contributed by atoms with Gasteiger partial charge in [-0.25, -0.2) is 9.97 Å². The number of nitrogens with one attached hydrogen (secondary N) is 1. The average molecular weight is 379 g/mol. The molecule has 1 N–H and O–H groups in total. The zero-order chi connectivity index (χ0) is 19.3. The first-order valence-corrected chi connectivity index (χ1v) is 9.67. The number of carbonyl (C=O) groups excluding carboxylic acids is 1. The minimum absolute atomic E-state index is 0.0519. The standard InChI is InChI=1S/C21H25N5O2/c1-16-4-6-19(28-16)12-24-20-7-5-18(11-23-20)21(27)26-9-2-3-17(14-26)13-25-10-8-22-15-25/h4-8,10-11,15,17H,2-3,9,12-14H2,1H3,(H,23,24). The van der Waals surface area contributed by atoms with Crippen molar-refractivity contribution < 1.29 is 9.21 Å². The van der Waals surface area contributed by atoms with Crippen LogP contribution < -0.4 is 5.32 Å². The summed E-state index contributed by atoms with van der Waals surface area (Å²) >= 11 is 0. The van der Waals surface area contributed by atoms with E-state index in [-0.39, 0.29) is 5.91 Å². The third-order valence-electron chi connectivity index (χ3n) is 5.08. The molecule has 4 rings (SSSR count). The largest absolute Gasteiger partial charge is 0.465 e. The van der Waals surface area contributed by atoms with Crippen LogP contribution in [-0.2, 0) is 13.1 Å². The zero-order valence-electron chi connectivity index (χ0n) is 16.0. The van der Waals surface area contributed by atoms with Gasteiger partial charge in [0.2, 0.25) is 0 Å². The highest BCUT2D eigenvalue weighted by Gasteiger charge is 2.24. The van der Waals surface area contributed by atoms with Crippen LogP contribution in [0.25, 0.3) is 0 Å². The van der Waals surface area contributed by atoms with Crippen LogP contribution in [-0.4, -0.2) is 38.4 Å². The third kappa shape index (κ3) is 4.42. The van der Waals surface area contributed by atoms with Gasteiger partial charge < -0.3 is 19.2 Å². The van der Waals surface area contributed by atoms with Gasteiger partial charge in [0.05, 0.1) is 18.4 Å². The second-order valence-electron chi connectivity index (χ2n) is 7.32. The number of likely N-dealkylation sites (tertiary alicyclic amines) is 1. The van der Waals surface area contributed by atoms with Crippen LogP contribution in [0, 0.1) is 12.8 Å². The highest BCUT2D eigenvalue weighted by Crippen LogP contribution is 2.20. The van der Waals surface area contributed by atoms with Crippen molar-refractivity contribution in [1.82, 2.24) is 19.4 Å². The molecule has 7 nitrogen and oxygen atoms in total. The molecule has 0 saturated carbocycles. The molecule has 1 atom stereocenters. The smallest absolute Gasteiger partial charge is 0.255 e. The fourth-order valence-corrected chi connectivity index (χ4v) is 3.66. The Morgan fingerprint density at radius 1 is 1.32 bits per heavy atom. The van der Waals surface area contributed by atoms with E-state index in [2.05, 4.69) is 19.9 Å². The number of furan rings is 1. The van der Waals surface area contributed by atoms with Crippen molar-refractivity contribution >= 4 is 11.7 Å². The average Bonchev–Trinajstić information content (AvgIpc) is 3.38. The second kappa shape index (κ2) is 8.29. The van der Waals surface area contributed by atoms with E-state index >= 15 is 0 Å². The summed E-state index contributed by atoms with van der Waals surface area (Å²) in [5, 5.41) is 3.21. The van der Waals surface area contributed by atoms with Crippen LogP contribution in [0.4, 0.5) is 5.82 Å². The molecular formula is C21H25N5O2. The Bertz CT molecular complexity index is 901. The summed E-state index contributed by atoms with van der Waals surface area (Å²) in [6.45, 7) is 4.96. The summed E-state index contributed by atoms with van der Waals surface area (Å²) in [5.41, 5.74) is 0.627. The van der Waals surface area contributed by atoms with Gasteiger partial charge in [-0.3, -0.25) is 4.79 Å². The molecule has 1 fully saturated rings. The van der Waals surface area contributed by atoms with Crippen LogP contribution >= 0.6 is 0 Å². The molecule has 28 heavy (non-hydrogen) atoms. The number of rotatable bonds is 6. The Morgan fingerprint density at radius 2 is 2.25 bits per heavy atom. The molecule has 0 aromatic carbocycles. The molecule has 146 valence electrons. The minimum atomic E-state index is 0.0519. The van der Waals surface area contributed by atoms with Crippen molar-refractivity contribution in [3.8, 4) is 0 Å². The van der Waals surface area contributed by atoms with Crippen LogP contribution in [0.2, 0.25) is 0 Å². The molecule has 1 aliphatic heterocycles. The Labute approximate surface area is 164 Å². The molecule has 1 aliphatic rings. The van der Waals surface area contributed by atoms with Crippen molar-refractivity contribution in [1.29, 1.82) is 0 Å². The van der Waals surface area contributed by atoms with E-state index in [0.717, 1.165) is 49.8 Å². The van der Waals surface area contributed by atoms with Crippen molar-refractivity contribution in [2.45, 2.75) is 32.9 Å². The summed E-state index contributed by atoms with van der Waals surface area (Å²) in [7, 11) is 0. The number of aryl methyl sites for hydroxylation is 1. The number of amides is 1. The fourth-order valence-electron chi connectivity index (χ4n) is 3.66. The van der Waals surface area contributed by atoms with E-state index in [1.165, 1.54) is 0 Å². The highest BCUT2D eigenvalue weighted by atomic mass is 16.3. The van der Waals surface area contributed by atoms with Gasteiger partial charge in [0.15, 0.2) is 0 Å². The topological polar surface area (TPSA) is 76.2 Å². The lowest BCUT2D eigenvalue weighted by molar-refractivity contribution is 0.0662. The quantitative estimate of drug-likeness (QED) is 0.711. The normalized spacial score (nSPS) is 16.9. The SMILES string of the molecule is Cc1ccc(CNc2ccc(C(=O)N3CCCC(Cn4ccnc4)C3)cn2)o1. The molecule has 0 spiro atoms. The maximum atomic E-state index is 12.9. The predicted octanol–water partition coefficient (Wildman–Crippen LogP) is 3.34. The number of hydrogen-bond acceptors (Lipinski definition) is 5. The van der Waals surface area contributed by atoms with Gasteiger partial charge in [0, 0.05) is 38.2 Å². The van der Waals surface area contributed by atoms with Gasteiger partial charge in [-0.05, 0) is 49.9 Å². The van der Waals surface area contributed by atoms with Crippen molar-refractivity contribution in [3.05, 3.63) is 66.3 Å². The van der Waals surface area contributed by atoms with Crippen molar-refractivity contribution in [2.24, 2.45) is 5.92 Å². The number of carbonyl (C=O) groups is 1. The number of hydrogen-bond donors (Lipinski definition) is 1. The summed E-state index contributed by atoms with van der Waals surface area (Å²) in [4.78, 5) is 23.3. The molecule has 1 unspecified atom stereocenters. The van der Waals surface area contributed by atoms with E-state index in [9.17, 15) is 4.79 Å². The first kappa shape index (κ1) is 18.3. The number of imidazole rings is 1. The zero-order valence-corrected chi connectivity index (χ0v) is 16.0. The van der Waals surface area contributed by atoms with E-state index in [1.54, 1.807) is 12.4 Å². The molecule has 3 aromatic heterocycles. The monoisotopic (exact) mass is 379 g/mol. The molecule has 1 saturated heterocycles. The molecule has 0 radical (unpaired) electrons. The number of aromatic nitrogens is 3. The third-order valence-corrected chi connectivity index (χ3v) is 5.08. The summed E-state index contributed by atoms with van der Waals surface area (Å²) < 4.78 is 7.62. The van der Waals surface area contributed by atoms with Crippen LogP contribution in [0.3, 0.4) is 0 Å². The Balaban J connectivity index is 1.33. The van der Waals surface area contributed by atoms with Crippen molar-refractivity contribution in [3.63, 3.8) is 0 Å². The Hall–Kier alpha value is -3.09. The van der Waals surface area contributed by atoms with Crippen LogP contribution in [0.15, 0.2) is 53.6 Å². The van der Waals surface area contributed by atoms with Crippen LogP contribution in [0.1, 0.15) is 34.7 Å². The number of anilines is 1. The number of piperidine rings is 1. The first-order chi connectivity index (χ1) is 13.7. The maximum absolute atomic E-state index is 12.9. The highest BCUT2D eigenvalue weighted by molar-refractivity contribution is 5.94. The van der Waals surface area contributed by atoms with Gasteiger partial charge >= 0.3 is 0 Å². The lowest BCUT2D eigenvalue weighted by atomic mass is 9.97. The fraction of sp³-hybridized carbons (Fsp3) is 0.381. The molecule has 1 amide bonds. The molecule has 0 aliphatic carbocycles. The Kier molecular flexibility index (Phi) is 5.41. The van der Waals surface area contributed by atoms with Gasteiger partial charge in [0.25, 0.3) is 5.91 Å². The summed E-state index contributed by atoms with van der Waals surface area (Å²) in [6.07, 6.45) is 9.41.